The zero-order valence-electron chi connectivity index (χ0n) is 10.0. The Morgan fingerprint density at radius 1 is 1.00 bits per heavy atom. The van der Waals surface area contributed by atoms with Gasteiger partial charge in [0.25, 0.3) is 5.92 Å². The lowest BCUT2D eigenvalue weighted by molar-refractivity contribution is -0.0755. The van der Waals surface area contributed by atoms with Crippen molar-refractivity contribution >= 4 is 0 Å². The van der Waals surface area contributed by atoms with Crippen molar-refractivity contribution in [3.63, 3.8) is 0 Å². The Hall–Kier alpha value is -0.140. The van der Waals surface area contributed by atoms with E-state index in [1.165, 1.54) is 0 Å². The molecule has 0 unspecified atom stereocenters. The van der Waals surface area contributed by atoms with Crippen LogP contribution in [0.15, 0.2) is 0 Å². The van der Waals surface area contributed by atoms with Gasteiger partial charge in [-0.2, -0.15) is 0 Å². The van der Waals surface area contributed by atoms with E-state index >= 15 is 0 Å². The van der Waals surface area contributed by atoms with E-state index in [9.17, 15) is 8.78 Å². The van der Waals surface area contributed by atoms with Crippen LogP contribution in [0.5, 0.6) is 0 Å². The second-order valence-electron chi connectivity index (χ2n) is 4.65. The van der Waals surface area contributed by atoms with Gasteiger partial charge in [-0.25, -0.2) is 8.78 Å². The van der Waals surface area contributed by atoms with E-state index in [4.69, 9.17) is 0 Å². The molecule has 82 valence electrons. The average molecular weight is 194 g/mol. The first kappa shape index (κ1) is 15.3. The lowest BCUT2D eigenvalue weighted by atomic mass is 9.85. The summed E-state index contributed by atoms with van der Waals surface area (Å²) in [5, 5.41) is 0. The highest BCUT2D eigenvalue weighted by Crippen LogP contribution is 2.36. The SMILES string of the molecule is CC.CC(C)C(F)(F)CC(C)(C)C. The minimum atomic E-state index is -2.52. The van der Waals surface area contributed by atoms with Crippen molar-refractivity contribution in [3.8, 4) is 0 Å². The van der Waals surface area contributed by atoms with Crippen LogP contribution in [-0.2, 0) is 0 Å². The molecule has 0 amide bonds. The monoisotopic (exact) mass is 194 g/mol. The summed E-state index contributed by atoms with van der Waals surface area (Å²) in [7, 11) is 0. The van der Waals surface area contributed by atoms with Crippen LogP contribution in [0.4, 0.5) is 8.78 Å². The maximum Gasteiger partial charge on any atom is 0.250 e. The van der Waals surface area contributed by atoms with E-state index in [2.05, 4.69) is 0 Å². The van der Waals surface area contributed by atoms with Gasteiger partial charge in [0.15, 0.2) is 0 Å². The lowest BCUT2D eigenvalue weighted by Gasteiger charge is -2.28. The normalized spacial score (nSPS) is 12.5. The van der Waals surface area contributed by atoms with Crippen LogP contribution in [0.3, 0.4) is 0 Å². The topological polar surface area (TPSA) is 0 Å². The molecule has 0 saturated heterocycles. The summed E-state index contributed by atoms with van der Waals surface area (Å²) in [6.45, 7) is 12.6. The Morgan fingerprint density at radius 2 is 1.31 bits per heavy atom. The molecule has 0 fully saturated rings. The Morgan fingerprint density at radius 3 is 1.38 bits per heavy atom. The van der Waals surface area contributed by atoms with Crippen molar-refractivity contribution in [1.29, 1.82) is 0 Å². The fourth-order valence-electron chi connectivity index (χ4n) is 0.911. The summed E-state index contributed by atoms with van der Waals surface area (Å²) in [5.74, 6) is -3.07. The Labute approximate surface area is 81.7 Å². The molecule has 13 heavy (non-hydrogen) atoms. The van der Waals surface area contributed by atoms with Crippen molar-refractivity contribution in [3.05, 3.63) is 0 Å². The van der Waals surface area contributed by atoms with Gasteiger partial charge in [-0.05, 0) is 5.41 Å². The highest BCUT2D eigenvalue weighted by atomic mass is 19.3. The Balaban J connectivity index is 0. The maximum absolute atomic E-state index is 13.0. The fourth-order valence-corrected chi connectivity index (χ4v) is 0.911. The van der Waals surface area contributed by atoms with Crippen LogP contribution in [-0.4, -0.2) is 5.92 Å². The first-order valence-corrected chi connectivity index (χ1v) is 5.03. The number of hydrogen-bond acceptors (Lipinski definition) is 0. The van der Waals surface area contributed by atoms with Crippen LogP contribution < -0.4 is 0 Å². The largest absolute Gasteiger partial charge is 0.250 e. The highest BCUT2D eigenvalue weighted by molar-refractivity contribution is 4.77. The van der Waals surface area contributed by atoms with Gasteiger partial charge >= 0.3 is 0 Å². The van der Waals surface area contributed by atoms with Crippen molar-refractivity contribution in [2.24, 2.45) is 11.3 Å². The van der Waals surface area contributed by atoms with Gasteiger partial charge in [0.1, 0.15) is 0 Å². The smallest absolute Gasteiger partial charge is 0.207 e. The lowest BCUT2D eigenvalue weighted by Crippen LogP contribution is -2.29. The maximum atomic E-state index is 13.0. The molecule has 0 aliphatic heterocycles. The van der Waals surface area contributed by atoms with Crippen LogP contribution >= 0.6 is 0 Å². The van der Waals surface area contributed by atoms with Gasteiger partial charge in [-0.1, -0.05) is 48.5 Å². The number of hydrogen-bond donors (Lipinski definition) is 0. The standard InChI is InChI=1S/C9H18F2.C2H6/c1-7(2)9(10,11)6-8(3,4)5;1-2/h7H,6H2,1-5H3;1-2H3. The molecule has 0 aromatic heterocycles. The average Bonchev–Trinajstić information content (AvgIpc) is 1.86. The molecular formula is C11H24F2. The fraction of sp³-hybridized carbons (Fsp3) is 1.00. The molecule has 0 N–H and O–H groups in total. The molecule has 0 heterocycles. The first-order chi connectivity index (χ1) is 5.65. The summed E-state index contributed by atoms with van der Waals surface area (Å²) in [6.07, 6.45) is -0.0301. The number of halogens is 2. The Bertz CT molecular complexity index is 121. The molecule has 0 radical (unpaired) electrons. The third kappa shape index (κ3) is 8.20. The van der Waals surface area contributed by atoms with E-state index in [0.29, 0.717) is 0 Å². The third-order valence-corrected chi connectivity index (χ3v) is 1.61. The van der Waals surface area contributed by atoms with Crippen LogP contribution in [0.25, 0.3) is 0 Å². The van der Waals surface area contributed by atoms with E-state index < -0.39 is 11.8 Å². The van der Waals surface area contributed by atoms with E-state index in [-0.39, 0.29) is 11.8 Å². The van der Waals surface area contributed by atoms with Crippen LogP contribution in [0, 0.1) is 11.3 Å². The zero-order valence-corrected chi connectivity index (χ0v) is 10.0. The minimum Gasteiger partial charge on any atom is -0.207 e. The first-order valence-electron chi connectivity index (χ1n) is 5.03. The number of alkyl halides is 2. The van der Waals surface area contributed by atoms with Crippen molar-refractivity contribution in [2.75, 3.05) is 0 Å². The molecule has 2 heteroatoms. The summed E-state index contributed by atoms with van der Waals surface area (Å²) >= 11 is 0. The van der Waals surface area contributed by atoms with Crippen LogP contribution in [0.1, 0.15) is 54.9 Å². The van der Waals surface area contributed by atoms with Crippen molar-refractivity contribution in [1.82, 2.24) is 0 Å². The van der Waals surface area contributed by atoms with E-state index in [1.807, 2.05) is 34.6 Å². The molecule has 0 spiro atoms. The van der Waals surface area contributed by atoms with Crippen LogP contribution in [0.2, 0.25) is 0 Å². The molecule has 0 aliphatic rings. The Kier molecular flexibility index (Phi) is 6.56. The van der Waals surface area contributed by atoms with Gasteiger partial charge in [-0.3, -0.25) is 0 Å². The van der Waals surface area contributed by atoms with Gasteiger partial charge < -0.3 is 0 Å². The third-order valence-electron chi connectivity index (χ3n) is 1.61. The molecule has 0 bridgehead atoms. The molecule has 0 aromatic carbocycles. The van der Waals surface area contributed by atoms with Gasteiger partial charge in [0, 0.05) is 12.3 Å². The molecule has 0 aromatic rings. The molecule has 0 aliphatic carbocycles. The molecule has 0 nitrogen and oxygen atoms in total. The molecule has 0 atom stereocenters. The molecule has 0 saturated carbocycles. The number of rotatable bonds is 2. The molecular weight excluding hydrogens is 170 g/mol. The van der Waals surface area contributed by atoms with Gasteiger partial charge in [-0.15, -0.1) is 0 Å². The van der Waals surface area contributed by atoms with Crippen molar-refractivity contribution < 1.29 is 8.78 Å². The van der Waals surface area contributed by atoms with E-state index in [0.717, 1.165) is 0 Å². The second kappa shape index (κ2) is 5.56. The second-order valence-corrected chi connectivity index (χ2v) is 4.65. The van der Waals surface area contributed by atoms with Crippen molar-refractivity contribution in [2.45, 2.75) is 60.8 Å². The quantitative estimate of drug-likeness (QED) is 0.595. The summed E-state index contributed by atoms with van der Waals surface area (Å²) < 4.78 is 26.1. The zero-order chi connectivity index (χ0) is 11.3. The predicted octanol–water partition coefficient (Wildman–Crippen LogP) is 4.74. The predicted molar refractivity (Wildman–Crippen MR) is 55.2 cm³/mol. The van der Waals surface area contributed by atoms with Gasteiger partial charge in [0.05, 0.1) is 0 Å². The minimum absolute atomic E-state index is 0.0301. The highest BCUT2D eigenvalue weighted by Gasteiger charge is 2.37. The summed E-state index contributed by atoms with van der Waals surface area (Å²) in [4.78, 5) is 0. The van der Waals surface area contributed by atoms with Gasteiger partial charge in [0.2, 0.25) is 0 Å². The summed E-state index contributed by atoms with van der Waals surface area (Å²) in [5.41, 5.74) is -0.284. The summed E-state index contributed by atoms with van der Waals surface area (Å²) in [6, 6.07) is 0. The molecule has 0 rings (SSSR count). The van der Waals surface area contributed by atoms with E-state index in [1.54, 1.807) is 13.8 Å².